The van der Waals surface area contributed by atoms with Crippen LogP contribution in [0.3, 0.4) is 0 Å². The van der Waals surface area contributed by atoms with Gasteiger partial charge in [-0.05, 0) is 55.4 Å². The van der Waals surface area contributed by atoms with Crippen molar-refractivity contribution in [1.29, 1.82) is 0 Å². The zero-order valence-corrected chi connectivity index (χ0v) is 18.4. The van der Waals surface area contributed by atoms with Crippen LogP contribution in [0.5, 0.6) is 0 Å². The van der Waals surface area contributed by atoms with Gasteiger partial charge in [-0.1, -0.05) is 19.9 Å². The summed E-state index contributed by atoms with van der Waals surface area (Å²) >= 11 is 0. The molecule has 0 unspecified atom stereocenters. The van der Waals surface area contributed by atoms with Gasteiger partial charge in [0, 0.05) is 25.2 Å². The van der Waals surface area contributed by atoms with Gasteiger partial charge in [-0.2, -0.15) is 4.98 Å². The number of fused-ring (bicyclic) bond motifs is 1. The van der Waals surface area contributed by atoms with Gasteiger partial charge in [0.2, 0.25) is 17.8 Å². The summed E-state index contributed by atoms with van der Waals surface area (Å²) in [5.74, 6) is -0.0146. The maximum absolute atomic E-state index is 13.0. The number of benzene rings is 1. The molecule has 8 nitrogen and oxygen atoms in total. The average molecular weight is 424 g/mol. The molecule has 1 aromatic heterocycles. The molecule has 0 bridgehead atoms. The van der Waals surface area contributed by atoms with E-state index in [1.165, 1.54) is 0 Å². The summed E-state index contributed by atoms with van der Waals surface area (Å²) in [6.45, 7) is 9.82. The minimum absolute atomic E-state index is 0.0917. The molecule has 3 atom stereocenters. The highest BCUT2D eigenvalue weighted by atomic mass is 16.2. The minimum atomic E-state index is -0.894. The number of hydrogen-bond acceptors (Lipinski definition) is 5. The second kappa shape index (κ2) is 8.17. The lowest BCUT2D eigenvalue weighted by Crippen LogP contribution is -2.42. The van der Waals surface area contributed by atoms with Crippen LogP contribution in [0, 0.1) is 25.7 Å². The van der Waals surface area contributed by atoms with Crippen LogP contribution in [0.4, 0.5) is 17.5 Å². The molecule has 4 rings (SSSR count). The predicted molar refractivity (Wildman–Crippen MR) is 121 cm³/mol. The summed E-state index contributed by atoms with van der Waals surface area (Å²) in [7, 11) is 0. The van der Waals surface area contributed by atoms with Gasteiger partial charge in [-0.3, -0.25) is 19.4 Å². The van der Waals surface area contributed by atoms with Gasteiger partial charge >= 0.3 is 0 Å². The molecule has 3 heterocycles. The Morgan fingerprint density at radius 1 is 1.10 bits per heavy atom. The number of carbonyl (C=O) groups is 2. The van der Waals surface area contributed by atoms with Crippen LogP contribution in [-0.2, 0) is 9.59 Å². The van der Waals surface area contributed by atoms with E-state index in [2.05, 4.69) is 34.4 Å². The molecule has 2 aliphatic heterocycles. The van der Waals surface area contributed by atoms with Crippen molar-refractivity contribution in [2.45, 2.75) is 46.5 Å². The Hall–Kier alpha value is -3.16. The molecule has 0 radical (unpaired) electrons. The van der Waals surface area contributed by atoms with Gasteiger partial charge in [-0.15, -0.1) is 0 Å². The third-order valence-electron chi connectivity index (χ3n) is 5.91. The van der Waals surface area contributed by atoms with Crippen LogP contribution in [0.2, 0.25) is 0 Å². The molecular weight excluding hydrogens is 394 g/mol. The summed E-state index contributed by atoms with van der Waals surface area (Å²) in [5, 5.41) is 5.55. The Kier molecular flexibility index (Phi) is 5.56. The first-order chi connectivity index (χ1) is 14.7. The van der Waals surface area contributed by atoms with Gasteiger partial charge in [0.15, 0.2) is 0 Å². The minimum Gasteiger partial charge on any atom is -0.342 e. The smallest absolute Gasteiger partial charge is 0.258 e. The fourth-order valence-corrected chi connectivity index (χ4v) is 4.85. The zero-order valence-electron chi connectivity index (χ0n) is 18.4. The monoisotopic (exact) mass is 423 g/mol. The standard InChI is InChI=1S/C23H29N5O3/c1-12-5-13(2)8-16(7-12)24-21(30)17-9-18(29)25-20-19(17)22(31)27-23(26-20)28-10-14(3)6-15(4)11-28/h5,7-8,14-15,17H,6,9-11H2,1-4H3,(H,24,30)(H2,25,26,27,29,31)/t14-,15-,17+/m1/s1. The van der Waals surface area contributed by atoms with Crippen molar-refractivity contribution in [2.75, 3.05) is 28.6 Å². The van der Waals surface area contributed by atoms with Crippen molar-refractivity contribution < 1.29 is 9.59 Å². The summed E-state index contributed by atoms with van der Waals surface area (Å²) < 4.78 is 0. The highest BCUT2D eigenvalue weighted by Crippen LogP contribution is 2.31. The normalized spacial score (nSPS) is 23.2. The highest BCUT2D eigenvalue weighted by Gasteiger charge is 2.35. The lowest BCUT2D eigenvalue weighted by molar-refractivity contribution is -0.123. The molecule has 2 aliphatic rings. The lowest BCUT2D eigenvalue weighted by atomic mass is 9.91. The summed E-state index contributed by atoms with van der Waals surface area (Å²) in [5.41, 5.74) is 2.51. The van der Waals surface area contributed by atoms with Gasteiger partial charge in [0.25, 0.3) is 5.56 Å². The van der Waals surface area contributed by atoms with Crippen LogP contribution in [0.1, 0.15) is 49.3 Å². The quantitative estimate of drug-likeness (QED) is 0.704. The Morgan fingerprint density at radius 3 is 2.39 bits per heavy atom. The molecule has 1 aromatic carbocycles. The number of aryl methyl sites for hydroxylation is 2. The largest absolute Gasteiger partial charge is 0.342 e. The number of H-pyrrole nitrogens is 1. The molecule has 2 amide bonds. The van der Waals surface area contributed by atoms with Crippen molar-refractivity contribution in [3.8, 4) is 0 Å². The van der Waals surface area contributed by atoms with Crippen molar-refractivity contribution >= 4 is 29.3 Å². The summed E-state index contributed by atoms with van der Waals surface area (Å²) in [6.07, 6.45) is 1.04. The van der Waals surface area contributed by atoms with Crippen LogP contribution >= 0.6 is 0 Å². The number of nitrogens with one attached hydrogen (secondary N) is 3. The Bertz CT molecular complexity index is 1060. The second-order valence-electron chi connectivity index (χ2n) is 9.17. The topological polar surface area (TPSA) is 107 Å². The van der Waals surface area contributed by atoms with Crippen LogP contribution in [0.15, 0.2) is 23.0 Å². The molecule has 164 valence electrons. The van der Waals surface area contributed by atoms with Crippen LogP contribution < -0.4 is 21.1 Å². The van der Waals surface area contributed by atoms with E-state index >= 15 is 0 Å². The Morgan fingerprint density at radius 2 is 1.74 bits per heavy atom. The van der Waals surface area contributed by atoms with Crippen LogP contribution in [0.25, 0.3) is 0 Å². The summed E-state index contributed by atoms with van der Waals surface area (Å²) in [6, 6.07) is 5.73. The van der Waals surface area contributed by atoms with Gasteiger partial charge in [0.05, 0.1) is 11.5 Å². The molecule has 0 spiro atoms. The number of nitrogens with zero attached hydrogens (tertiary/aromatic N) is 2. The van der Waals surface area contributed by atoms with E-state index in [9.17, 15) is 14.4 Å². The molecule has 2 aromatic rings. The Balaban J connectivity index is 1.65. The van der Waals surface area contributed by atoms with E-state index in [0.29, 0.717) is 23.5 Å². The van der Waals surface area contributed by atoms with Crippen LogP contribution in [-0.4, -0.2) is 34.9 Å². The number of anilines is 3. The molecule has 1 saturated heterocycles. The Labute approximate surface area is 181 Å². The van der Waals surface area contributed by atoms with E-state index in [-0.39, 0.29) is 35.2 Å². The second-order valence-corrected chi connectivity index (χ2v) is 9.17. The van der Waals surface area contributed by atoms with Gasteiger partial charge in [-0.25, -0.2) is 0 Å². The average Bonchev–Trinajstić information content (AvgIpc) is 2.65. The molecule has 8 heteroatoms. The van der Waals surface area contributed by atoms with Gasteiger partial charge < -0.3 is 15.5 Å². The number of piperidine rings is 1. The number of carbonyl (C=O) groups excluding carboxylic acids is 2. The maximum Gasteiger partial charge on any atom is 0.258 e. The number of rotatable bonds is 3. The summed E-state index contributed by atoms with van der Waals surface area (Å²) in [4.78, 5) is 47.9. The number of aromatic nitrogens is 2. The molecule has 0 aliphatic carbocycles. The number of amides is 2. The van der Waals surface area contributed by atoms with E-state index in [1.807, 2.05) is 36.9 Å². The predicted octanol–water partition coefficient (Wildman–Crippen LogP) is 2.93. The molecule has 3 N–H and O–H groups in total. The fraction of sp³-hybridized carbons (Fsp3) is 0.478. The first-order valence-corrected chi connectivity index (χ1v) is 10.8. The molecule has 1 fully saturated rings. The molecular formula is C23H29N5O3. The van der Waals surface area contributed by atoms with E-state index in [1.54, 1.807) is 0 Å². The SMILES string of the molecule is Cc1cc(C)cc(NC(=O)[C@H]2CC(=O)Nc3nc(N4C[C@H](C)C[C@@H](C)C4)[nH]c(=O)c32)c1. The van der Waals surface area contributed by atoms with E-state index in [0.717, 1.165) is 30.6 Å². The van der Waals surface area contributed by atoms with Crippen molar-refractivity contribution in [2.24, 2.45) is 11.8 Å². The molecule has 31 heavy (non-hydrogen) atoms. The fourth-order valence-electron chi connectivity index (χ4n) is 4.85. The maximum atomic E-state index is 13.0. The zero-order chi connectivity index (χ0) is 22.3. The first-order valence-electron chi connectivity index (χ1n) is 10.8. The van der Waals surface area contributed by atoms with Gasteiger partial charge in [0.1, 0.15) is 5.82 Å². The number of aromatic amines is 1. The van der Waals surface area contributed by atoms with Crippen molar-refractivity contribution in [3.63, 3.8) is 0 Å². The first kappa shape index (κ1) is 21.1. The van der Waals surface area contributed by atoms with Crippen molar-refractivity contribution in [3.05, 3.63) is 45.2 Å². The third kappa shape index (κ3) is 4.47. The lowest BCUT2D eigenvalue weighted by Gasteiger charge is -2.35. The number of hydrogen-bond donors (Lipinski definition) is 3. The third-order valence-corrected chi connectivity index (χ3v) is 5.91. The molecule has 0 saturated carbocycles. The highest BCUT2D eigenvalue weighted by molar-refractivity contribution is 6.04. The van der Waals surface area contributed by atoms with Crippen molar-refractivity contribution in [1.82, 2.24) is 9.97 Å². The van der Waals surface area contributed by atoms with E-state index < -0.39 is 5.92 Å². The van der Waals surface area contributed by atoms with E-state index in [4.69, 9.17) is 0 Å².